The number of hydrogen-bond donors (Lipinski definition) is 1. The molecular weight excluding hydrogens is 211 g/mol. The first-order valence-corrected chi connectivity index (χ1v) is 5.21. The molecule has 1 aliphatic heterocycles. The van der Waals surface area contributed by atoms with Crippen LogP contribution in [-0.4, -0.2) is 29.1 Å². The van der Waals surface area contributed by atoms with Crippen LogP contribution in [0.4, 0.5) is 10.2 Å². The molecular formula is C11H13FN2O2. The van der Waals surface area contributed by atoms with E-state index in [2.05, 4.69) is 11.9 Å². The lowest BCUT2D eigenvalue weighted by atomic mass is 10.2. The normalized spacial score (nSPS) is 20.1. The molecule has 0 bridgehead atoms. The van der Waals surface area contributed by atoms with Crippen molar-refractivity contribution < 1.29 is 14.3 Å². The number of rotatable bonds is 2. The summed E-state index contributed by atoms with van der Waals surface area (Å²) in [5, 5.41) is 8.69. The smallest absolute Gasteiger partial charge is 0.337 e. The minimum Gasteiger partial charge on any atom is -0.478 e. The van der Waals surface area contributed by atoms with E-state index in [9.17, 15) is 9.18 Å². The largest absolute Gasteiger partial charge is 0.478 e. The Labute approximate surface area is 92.7 Å². The number of carboxylic acids is 1. The van der Waals surface area contributed by atoms with E-state index < -0.39 is 11.8 Å². The first-order chi connectivity index (χ1) is 7.58. The van der Waals surface area contributed by atoms with E-state index >= 15 is 0 Å². The maximum absolute atomic E-state index is 13.6. The fourth-order valence-electron chi connectivity index (χ4n) is 1.91. The molecule has 2 heterocycles. The second-order valence-electron chi connectivity index (χ2n) is 4.17. The Bertz CT molecular complexity index is 422. The quantitative estimate of drug-likeness (QED) is 0.831. The van der Waals surface area contributed by atoms with Crippen molar-refractivity contribution in [3.63, 3.8) is 0 Å². The Balaban J connectivity index is 2.26. The van der Waals surface area contributed by atoms with E-state index in [1.165, 1.54) is 6.20 Å². The highest BCUT2D eigenvalue weighted by Gasteiger charge is 2.23. The monoisotopic (exact) mass is 224 g/mol. The van der Waals surface area contributed by atoms with Gasteiger partial charge in [-0.05, 0) is 18.4 Å². The molecule has 1 atom stereocenters. The molecule has 1 N–H and O–H groups in total. The number of carboxylic acid groups (broad SMARTS) is 1. The van der Waals surface area contributed by atoms with Crippen molar-refractivity contribution in [1.29, 1.82) is 0 Å². The van der Waals surface area contributed by atoms with Gasteiger partial charge in [-0.15, -0.1) is 0 Å². The van der Waals surface area contributed by atoms with Gasteiger partial charge in [0.25, 0.3) is 0 Å². The fourth-order valence-corrected chi connectivity index (χ4v) is 1.91. The van der Waals surface area contributed by atoms with Crippen molar-refractivity contribution in [3.8, 4) is 0 Å². The van der Waals surface area contributed by atoms with Crippen molar-refractivity contribution >= 4 is 11.8 Å². The zero-order chi connectivity index (χ0) is 11.7. The zero-order valence-electron chi connectivity index (χ0n) is 8.98. The van der Waals surface area contributed by atoms with Gasteiger partial charge in [-0.3, -0.25) is 0 Å². The standard InChI is InChI=1S/C11H13FN2O2/c1-7-2-3-14(6-7)10-9(12)4-8(5-13-10)11(15)16/h4-5,7H,2-3,6H2,1H3,(H,15,16). The summed E-state index contributed by atoms with van der Waals surface area (Å²) in [6, 6.07) is 1.02. The number of halogens is 1. The molecule has 86 valence electrons. The number of hydrogen-bond acceptors (Lipinski definition) is 3. The first kappa shape index (κ1) is 10.9. The average molecular weight is 224 g/mol. The van der Waals surface area contributed by atoms with Crippen molar-refractivity contribution in [3.05, 3.63) is 23.6 Å². The number of nitrogens with zero attached hydrogens (tertiary/aromatic N) is 2. The van der Waals surface area contributed by atoms with Gasteiger partial charge < -0.3 is 10.0 Å². The molecule has 1 fully saturated rings. The number of anilines is 1. The molecule has 0 aliphatic carbocycles. The van der Waals surface area contributed by atoms with Crippen LogP contribution in [0.15, 0.2) is 12.3 Å². The Morgan fingerprint density at radius 2 is 2.44 bits per heavy atom. The van der Waals surface area contributed by atoms with Gasteiger partial charge in [0.1, 0.15) is 0 Å². The molecule has 1 aliphatic rings. The van der Waals surface area contributed by atoms with Crippen LogP contribution < -0.4 is 4.90 Å². The summed E-state index contributed by atoms with van der Waals surface area (Å²) in [5.74, 6) is -0.934. The molecule has 0 saturated carbocycles. The molecule has 2 rings (SSSR count). The third-order valence-corrected chi connectivity index (χ3v) is 2.79. The minimum absolute atomic E-state index is 0.117. The van der Waals surface area contributed by atoms with Gasteiger partial charge in [-0.1, -0.05) is 6.92 Å². The topological polar surface area (TPSA) is 53.4 Å². The highest BCUT2D eigenvalue weighted by molar-refractivity contribution is 5.87. The number of carbonyl (C=O) groups is 1. The summed E-state index contributed by atoms with van der Waals surface area (Å²) in [7, 11) is 0. The summed E-state index contributed by atoms with van der Waals surface area (Å²) >= 11 is 0. The van der Waals surface area contributed by atoms with E-state index in [1.807, 2.05) is 4.90 Å². The number of aromatic nitrogens is 1. The van der Waals surface area contributed by atoms with E-state index in [4.69, 9.17) is 5.11 Å². The van der Waals surface area contributed by atoms with Crippen LogP contribution in [0.2, 0.25) is 0 Å². The molecule has 0 radical (unpaired) electrons. The molecule has 1 aromatic heterocycles. The summed E-state index contributed by atoms with van der Waals surface area (Å²) in [6.07, 6.45) is 2.21. The molecule has 0 spiro atoms. The molecule has 16 heavy (non-hydrogen) atoms. The lowest BCUT2D eigenvalue weighted by molar-refractivity contribution is 0.0696. The lowest BCUT2D eigenvalue weighted by Crippen LogP contribution is -2.22. The summed E-state index contributed by atoms with van der Waals surface area (Å²) in [6.45, 7) is 3.65. The Morgan fingerprint density at radius 3 is 2.94 bits per heavy atom. The Hall–Kier alpha value is -1.65. The zero-order valence-corrected chi connectivity index (χ0v) is 8.98. The van der Waals surface area contributed by atoms with Crippen LogP contribution in [-0.2, 0) is 0 Å². The Morgan fingerprint density at radius 1 is 1.69 bits per heavy atom. The van der Waals surface area contributed by atoms with Crippen molar-refractivity contribution in [2.75, 3.05) is 18.0 Å². The van der Waals surface area contributed by atoms with Crippen LogP contribution in [0.5, 0.6) is 0 Å². The molecule has 0 amide bonds. The average Bonchev–Trinajstić information content (AvgIpc) is 2.64. The molecule has 1 saturated heterocycles. The van der Waals surface area contributed by atoms with Gasteiger partial charge in [0.05, 0.1) is 5.56 Å². The first-order valence-electron chi connectivity index (χ1n) is 5.21. The third-order valence-electron chi connectivity index (χ3n) is 2.79. The minimum atomic E-state index is -1.16. The third kappa shape index (κ3) is 1.98. The van der Waals surface area contributed by atoms with Crippen LogP contribution >= 0.6 is 0 Å². The fraction of sp³-hybridized carbons (Fsp3) is 0.455. The van der Waals surface area contributed by atoms with Crippen LogP contribution in [0.1, 0.15) is 23.7 Å². The second-order valence-corrected chi connectivity index (χ2v) is 4.17. The van der Waals surface area contributed by atoms with Gasteiger partial charge >= 0.3 is 5.97 Å². The van der Waals surface area contributed by atoms with E-state index in [0.717, 1.165) is 25.6 Å². The highest BCUT2D eigenvalue weighted by atomic mass is 19.1. The van der Waals surface area contributed by atoms with E-state index in [1.54, 1.807) is 0 Å². The van der Waals surface area contributed by atoms with Crippen LogP contribution in [0, 0.1) is 11.7 Å². The van der Waals surface area contributed by atoms with Gasteiger partial charge in [-0.25, -0.2) is 14.2 Å². The van der Waals surface area contributed by atoms with E-state index in [0.29, 0.717) is 5.92 Å². The lowest BCUT2D eigenvalue weighted by Gasteiger charge is -2.17. The molecule has 4 nitrogen and oxygen atoms in total. The summed E-state index contributed by atoms with van der Waals surface area (Å²) < 4.78 is 13.6. The van der Waals surface area contributed by atoms with Gasteiger partial charge in [0, 0.05) is 19.3 Å². The van der Waals surface area contributed by atoms with E-state index in [-0.39, 0.29) is 11.4 Å². The maximum Gasteiger partial charge on any atom is 0.337 e. The second kappa shape index (κ2) is 4.08. The maximum atomic E-state index is 13.6. The van der Waals surface area contributed by atoms with Crippen molar-refractivity contribution in [2.45, 2.75) is 13.3 Å². The number of pyridine rings is 1. The Kier molecular flexibility index (Phi) is 2.77. The van der Waals surface area contributed by atoms with Crippen molar-refractivity contribution in [2.24, 2.45) is 5.92 Å². The van der Waals surface area contributed by atoms with Gasteiger partial charge in [-0.2, -0.15) is 0 Å². The number of aromatic carboxylic acids is 1. The predicted molar refractivity (Wildman–Crippen MR) is 57.1 cm³/mol. The van der Waals surface area contributed by atoms with Gasteiger partial charge in [0.15, 0.2) is 11.6 Å². The predicted octanol–water partition coefficient (Wildman–Crippen LogP) is 1.77. The van der Waals surface area contributed by atoms with Crippen LogP contribution in [0.3, 0.4) is 0 Å². The summed E-state index contributed by atoms with van der Waals surface area (Å²) in [4.78, 5) is 16.4. The molecule has 1 unspecified atom stereocenters. The SMILES string of the molecule is CC1CCN(c2ncc(C(=O)O)cc2F)C1. The summed E-state index contributed by atoms with van der Waals surface area (Å²) in [5.41, 5.74) is -0.117. The highest BCUT2D eigenvalue weighted by Crippen LogP contribution is 2.24. The molecule has 1 aromatic rings. The molecule has 0 aromatic carbocycles. The molecule has 5 heteroatoms. The van der Waals surface area contributed by atoms with Crippen LogP contribution in [0.25, 0.3) is 0 Å². The van der Waals surface area contributed by atoms with Gasteiger partial charge in [0.2, 0.25) is 0 Å². The van der Waals surface area contributed by atoms with Crippen molar-refractivity contribution in [1.82, 2.24) is 4.98 Å².